The number of para-hydroxylation sites is 2. The normalized spacial score (nSPS) is 11.4. The zero-order valence-electron chi connectivity index (χ0n) is 13.5. The average Bonchev–Trinajstić information content (AvgIpc) is 3.04. The Morgan fingerprint density at radius 3 is 2.72 bits per heavy atom. The van der Waals surface area contributed by atoms with Gasteiger partial charge in [0, 0.05) is 5.56 Å². The van der Waals surface area contributed by atoms with E-state index in [1.165, 1.54) is 11.3 Å². The first-order valence-corrected chi connectivity index (χ1v) is 8.60. The van der Waals surface area contributed by atoms with Crippen LogP contribution in [0.1, 0.15) is 17.0 Å². The summed E-state index contributed by atoms with van der Waals surface area (Å²) in [5.41, 5.74) is 2.35. The third-order valence-electron chi connectivity index (χ3n) is 3.52. The minimum Gasteiger partial charge on any atom is -0.489 e. The van der Waals surface area contributed by atoms with Gasteiger partial charge in [-0.2, -0.15) is 0 Å². The number of carbonyl (C=O) groups is 1. The van der Waals surface area contributed by atoms with E-state index in [9.17, 15) is 9.90 Å². The topological polar surface area (TPSA) is 59.4 Å². The third kappa shape index (κ3) is 4.14. The summed E-state index contributed by atoms with van der Waals surface area (Å²) in [6.07, 6.45) is 3.41. The Kier molecular flexibility index (Phi) is 5.26. The number of benzene rings is 2. The van der Waals surface area contributed by atoms with Crippen molar-refractivity contribution in [1.29, 1.82) is 0 Å². The molecule has 1 heterocycles. The molecule has 0 bridgehead atoms. The minimum absolute atomic E-state index is 0.102. The fourth-order valence-electron chi connectivity index (χ4n) is 2.43. The van der Waals surface area contributed by atoms with E-state index in [0.29, 0.717) is 22.9 Å². The lowest BCUT2D eigenvalue weighted by Gasteiger charge is -2.08. The maximum Gasteiger partial charge on any atom is 0.307 e. The first kappa shape index (κ1) is 16.9. The molecule has 1 N–H and O–H groups in total. The molecule has 0 atom stereocenters. The molecule has 1 aromatic heterocycles. The van der Waals surface area contributed by atoms with E-state index in [1.807, 2.05) is 54.6 Å². The Bertz CT molecular complexity index is 910. The van der Waals surface area contributed by atoms with E-state index in [2.05, 4.69) is 11.6 Å². The van der Waals surface area contributed by atoms with Gasteiger partial charge < -0.3 is 9.84 Å². The zero-order valence-corrected chi connectivity index (χ0v) is 14.3. The molecule has 3 aromatic rings. The van der Waals surface area contributed by atoms with Crippen molar-refractivity contribution in [3.05, 3.63) is 71.8 Å². The maximum atomic E-state index is 11.3. The van der Waals surface area contributed by atoms with Crippen molar-refractivity contribution in [3.63, 3.8) is 0 Å². The molecule has 0 saturated carbocycles. The summed E-state index contributed by atoms with van der Waals surface area (Å²) in [5.74, 6) is -0.207. The number of thiazole rings is 1. The lowest BCUT2D eigenvalue weighted by atomic mass is 10.1. The van der Waals surface area contributed by atoms with Crippen molar-refractivity contribution in [2.24, 2.45) is 0 Å². The Hall–Kier alpha value is -2.92. The molecular weight excluding hydrogens is 334 g/mol. The molecular formula is C20H17NO3S. The highest BCUT2D eigenvalue weighted by Gasteiger charge is 2.13. The highest BCUT2D eigenvalue weighted by molar-refractivity contribution is 7.19. The molecule has 0 unspecified atom stereocenters. The van der Waals surface area contributed by atoms with Gasteiger partial charge in [0.15, 0.2) is 0 Å². The van der Waals surface area contributed by atoms with Crippen LogP contribution < -0.4 is 4.74 Å². The van der Waals surface area contributed by atoms with Gasteiger partial charge in [0.1, 0.15) is 17.4 Å². The lowest BCUT2D eigenvalue weighted by Crippen LogP contribution is -1.98. The number of aliphatic carboxylic acids is 1. The highest BCUT2D eigenvalue weighted by atomic mass is 32.1. The molecule has 126 valence electrons. The predicted octanol–water partition coefficient (Wildman–Crippen LogP) is 4.88. The van der Waals surface area contributed by atoms with Gasteiger partial charge in [-0.25, -0.2) is 4.98 Å². The molecule has 4 nitrogen and oxygen atoms in total. The highest BCUT2D eigenvalue weighted by Crippen LogP contribution is 2.32. The Labute approximate surface area is 149 Å². The molecule has 2 aromatic carbocycles. The molecule has 0 spiro atoms. The standard InChI is InChI=1S/C20H17NO3S/c1-2-11-24-17-9-5-3-7-14(17)12-15(13-19(22)23)20-21-16-8-4-6-10-18(16)25-20/h2-10,12H,1,11,13H2,(H,22,23)/b15-12-. The van der Waals surface area contributed by atoms with Crippen LogP contribution in [0, 0.1) is 0 Å². The van der Waals surface area contributed by atoms with Gasteiger partial charge in [-0.3, -0.25) is 4.79 Å². The van der Waals surface area contributed by atoms with Crippen LogP contribution in [-0.2, 0) is 4.79 Å². The smallest absolute Gasteiger partial charge is 0.307 e. The van der Waals surface area contributed by atoms with E-state index in [1.54, 1.807) is 6.08 Å². The van der Waals surface area contributed by atoms with Crippen molar-refractivity contribution in [2.45, 2.75) is 6.42 Å². The van der Waals surface area contributed by atoms with Crippen LogP contribution in [0.5, 0.6) is 5.75 Å². The summed E-state index contributed by atoms with van der Waals surface area (Å²) in [6, 6.07) is 15.3. The maximum absolute atomic E-state index is 11.3. The second-order valence-corrected chi connectivity index (χ2v) is 6.39. The monoisotopic (exact) mass is 351 g/mol. The summed E-state index contributed by atoms with van der Waals surface area (Å²) >= 11 is 1.49. The number of rotatable bonds is 7. The summed E-state index contributed by atoms with van der Waals surface area (Å²) in [7, 11) is 0. The minimum atomic E-state index is -0.894. The van der Waals surface area contributed by atoms with Gasteiger partial charge >= 0.3 is 5.97 Å². The number of hydrogen-bond acceptors (Lipinski definition) is 4. The molecule has 0 aliphatic rings. The molecule has 25 heavy (non-hydrogen) atoms. The van der Waals surface area contributed by atoms with Crippen LogP contribution in [0.3, 0.4) is 0 Å². The van der Waals surface area contributed by atoms with E-state index in [0.717, 1.165) is 15.8 Å². The van der Waals surface area contributed by atoms with Crippen LogP contribution in [0.4, 0.5) is 0 Å². The van der Waals surface area contributed by atoms with Crippen molar-refractivity contribution >= 4 is 39.2 Å². The van der Waals surface area contributed by atoms with E-state index < -0.39 is 5.97 Å². The van der Waals surface area contributed by atoms with Gasteiger partial charge in [-0.1, -0.05) is 43.0 Å². The van der Waals surface area contributed by atoms with Crippen molar-refractivity contribution < 1.29 is 14.6 Å². The predicted molar refractivity (Wildman–Crippen MR) is 102 cm³/mol. The number of nitrogens with zero attached hydrogens (tertiary/aromatic N) is 1. The van der Waals surface area contributed by atoms with Crippen molar-refractivity contribution in [3.8, 4) is 5.75 Å². The van der Waals surface area contributed by atoms with Crippen LogP contribution in [-0.4, -0.2) is 22.7 Å². The number of hydrogen-bond donors (Lipinski definition) is 1. The quantitative estimate of drug-likeness (QED) is 0.617. The fourth-order valence-corrected chi connectivity index (χ4v) is 3.41. The second kappa shape index (κ2) is 7.77. The number of carboxylic acid groups (broad SMARTS) is 1. The molecule has 0 amide bonds. The van der Waals surface area contributed by atoms with E-state index in [-0.39, 0.29) is 6.42 Å². The van der Waals surface area contributed by atoms with Gasteiger partial charge in [0.25, 0.3) is 0 Å². The molecule has 0 radical (unpaired) electrons. The van der Waals surface area contributed by atoms with Crippen molar-refractivity contribution in [2.75, 3.05) is 6.61 Å². The Morgan fingerprint density at radius 2 is 1.96 bits per heavy atom. The van der Waals surface area contributed by atoms with Gasteiger partial charge in [0.05, 0.1) is 16.6 Å². The summed E-state index contributed by atoms with van der Waals surface area (Å²) in [6.45, 7) is 4.04. The van der Waals surface area contributed by atoms with Crippen LogP contribution in [0.2, 0.25) is 0 Å². The van der Waals surface area contributed by atoms with E-state index in [4.69, 9.17) is 4.74 Å². The molecule has 3 rings (SSSR count). The van der Waals surface area contributed by atoms with Crippen LogP contribution in [0.25, 0.3) is 21.9 Å². The van der Waals surface area contributed by atoms with Gasteiger partial charge in [0.2, 0.25) is 0 Å². The molecule has 5 heteroatoms. The Balaban J connectivity index is 2.05. The first-order chi connectivity index (χ1) is 12.2. The molecule has 0 aliphatic carbocycles. The summed E-state index contributed by atoms with van der Waals surface area (Å²) in [5, 5.41) is 10.0. The van der Waals surface area contributed by atoms with Crippen LogP contribution >= 0.6 is 11.3 Å². The number of ether oxygens (including phenoxy) is 1. The molecule has 0 aliphatic heterocycles. The van der Waals surface area contributed by atoms with Gasteiger partial charge in [-0.05, 0) is 29.8 Å². The number of aromatic nitrogens is 1. The van der Waals surface area contributed by atoms with Crippen LogP contribution in [0.15, 0.2) is 61.2 Å². The molecule has 0 fully saturated rings. The zero-order chi connectivity index (χ0) is 17.6. The SMILES string of the molecule is C=CCOc1ccccc1/C=C(/CC(=O)O)c1nc2ccccc2s1. The third-order valence-corrected chi connectivity index (χ3v) is 4.63. The number of carboxylic acids is 1. The fraction of sp³-hybridized carbons (Fsp3) is 0.100. The Morgan fingerprint density at radius 1 is 1.20 bits per heavy atom. The average molecular weight is 351 g/mol. The van der Waals surface area contributed by atoms with E-state index >= 15 is 0 Å². The summed E-state index contributed by atoms with van der Waals surface area (Å²) < 4.78 is 6.69. The lowest BCUT2D eigenvalue weighted by molar-refractivity contribution is -0.135. The summed E-state index contributed by atoms with van der Waals surface area (Å²) in [4.78, 5) is 15.9. The largest absolute Gasteiger partial charge is 0.489 e. The van der Waals surface area contributed by atoms with Crippen molar-refractivity contribution in [1.82, 2.24) is 4.98 Å². The first-order valence-electron chi connectivity index (χ1n) is 7.78. The second-order valence-electron chi connectivity index (χ2n) is 5.36. The van der Waals surface area contributed by atoms with Gasteiger partial charge in [-0.15, -0.1) is 11.3 Å². The number of fused-ring (bicyclic) bond motifs is 1. The molecule has 0 saturated heterocycles.